The molecule has 3 atom stereocenters. The molecule has 140 valence electrons. The number of hydrogen-bond acceptors (Lipinski definition) is 1. The smallest absolute Gasteiger partial charge is 0.167 e. The van der Waals surface area contributed by atoms with Crippen molar-refractivity contribution in [3.05, 3.63) is 58.2 Å². The second kappa shape index (κ2) is 4.48. The predicted octanol–water partition coefficient (Wildman–Crippen LogP) is 6.14. The molecule has 0 aromatic heterocycles. The fourth-order valence-electron chi connectivity index (χ4n) is 9.29. The molecule has 2 spiro atoms. The Bertz CT molecular complexity index is 1140. The first-order valence-electron chi connectivity index (χ1n) is 11.6. The first-order valence-corrected chi connectivity index (χ1v) is 11.6. The normalized spacial score (nSPS) is 41.6. The summed E-state index contributed by atoms with van der Waals surface area (Å²) in [5, 5.41) is 2.76. The van der Waals surface area contributed by atoms with Gasteiger partial charge >= 0.3 is 0 Å². The number of aryl methyl sites for hydroxylation is 1. The molecule has 0 saturated heterocycles. The van der Waals surface area contributed by atoms with Crippen LogP contribution < -0.4 is 0 Å². The summed E-state index contributed by atoms with van der Waals surface area (Å²) in [7, 11) is 0. The third-order valence-electron chi connectivity index (χ3n) is 10.1. The molecule has 0 aliphatic heterocycles. The van der Waals surface area contributed by atoms with Crippen LogP contribution in [0.2, 0.25) is 0 Å². The van der Waals surface area contributed by atoms with Gasteiger partial charge in [0, 0.05) is 22.3 Å². The van der Waals surface area contributed by atoms with E-state index in [1.165, 1.54) is 61.3 Å². The van der Waals surface area contributed by atoms with Crippen LogP contribution >= 0.6 is 0 Å². The fourth-order valence-corrected chi connectivity index (χ4v) is 9.29. The molecule has 2 aromatic rings. The topological polar surface area (TPSA) is 17.1 Å². The van der Waals surface area contributed by atoms with Gasteiger partial charge in [-0.25, -0.2) is 0 Å². The molecule has 8 aliphatic rings. The number of ketones is 1. The van der Waals surface area contributed by atoms with E-state index in [4.69, 9.17) is 0 Å². The molecular weight excluding hydrogens is 340 g/mol. The van der Waals surface area contributed by atoms with Crippen LogP contribution in [-0.4, -0.2) is 5.78 Å². The van der Waals surface area contributed by atoms with E-state index in [0.717, 1.165) is 30.2 Å². The van der Waals surface area contributed by atoms with Crippen LogP contribution in [0.25, 0.3) is 10.8 Å². The average molecular weight is 367 g/mol. The van der Waals surface area contributed by atoms with Crippen molar-refractivity contribution in [1.82, 2.24) is 0 Å². The molecule has 3 unspecified atom stereocenters. The van der Waals surface area contributed by atoms with E-state index in [1.54, 1.807) is 5.56 Å². The molecule has 0 N–H and O–H groups in total. The Morgan fingerprint density at radius 2 is 1.75 bits per heavy atom. The molecule has 28 heavy (non-hydrogen) atoms. The third kappa shape index (κ3) is 1.39. The van der Waals surface area contributed by atoms with Crippen LogP contribution in [0.3, 0.4) is 0 Å². The lowest BCUT2D eigenvalue weighted by molar-refractivity contribution is 0.0739. The van der Waals surface area contributed by atoms with Crippen molar-refractivity contribution in [2.45, 2.75) is 63.2 Å². The summed E-state index contributed by atoms with van der Waals surface area (Å²) in [6, 6.07) is 11.7. The Labute approximate surface area is 166 Å². The van der Waals surface area contributed by atoms with Crippen LogP contribution in [0.15, 0.2) is 41.5 Å². The van der Waals surface area contributed by atoms with Crippen LogP contribution in [0, 0.1) is 23.2 Å². The number of rotatable bonds is 0. The SMILES string of the molecule is O=C1c2cc3cccc4c3cc2CCC1C12CCC(C1)C1=C2C2CCC14CC2. The zero-order valence-electron chi connectivity index (χ0n) is 16.4. The van der Waals surface area contributed by atoms with Crippen molar-refractivity contribution in [1.29, 1.82) is 0 Å². The molecule has 10 rings (SSSR count). The zero-order chi connectivity index (χ0) is 18.3. The van der Waals surface area contributed by atoms with Crippen LogP contribution in [0.1, 0.15) is 72.9 Å². The van der Waals surface area contributed by atoms with Gasteiger partial charge in [-0.15, -0.1) is 0 Å². The fraction of sp³-hybridized carbons (Fsp3) is 0.519. The molecule has 0 heterocycles. The maximum absolute atomic E-state index is 13.9. The van der Waals surface area contributed by atoms with Crippen molar-refractivity contribution in [3.63, 3.8) is 0 Å². The zero-order valence-corrected chi connectivity index (χ0v) is 16.4. The summed E-state index contributed by atoms with van der Waals surface area (Å²) in [6.07, 6.45) is 11.5. The van der Waals surface area contributed by atoms with Gasteiger partial charge in [0.15, 0.2) is 5.78 Å². The highest BCUT2D eigenvalue weighted by Crippen LogP contribution is 2.73. The van der Waals surface area contributed by atoms with Gasteiger partial charge in [-0.3, -0.25) is 4.79 Å². The van der Waals surface area contributed by atoms with Crippen LogP contribution in [-0.2, 0) is 11.8 Å². The number of hydrogen-bond donors (Lipinski definition) is 0. The van der Waals surface area contributed by atoms with E-state index in [2.05, 4.69) is 30.3 Å². The molecular formula is C27H26O. The Morgan fingerprint density at radius 3 is 2.64 bits per heavy atom. The highest BCUT2D eigenvalue weighted by atomic mass is 16.1. The average Bonchev–Trinajstić information content (AvgIpc) is 3.32. The second-order valence-electron chi connectivity index (χ2n) is 10.8. The molecule has 12 bridgehead atoms. The Hall–Kier alpha value is -1.89. The highest BCUT2D eigenvalue weighted by molar-refractivity contribution is 6.05. The van der Waals surface area contributed by atoms with E-state index in [9.17, 15) is 4.79 Å². The number of allylic oxidation sites excluding steroid dienone is 2. The summed E-state index contributed by atoms with van der Waals surface area (Å²) in [5.74, 6) is 2.28. The number of Topliss-reactive ketones (excluding diaryl/α,β-unsaturated/α-hetero) is 1. The molecule has 2 fully saturated rings. The van der Waals surface area contributed by atoms with E-state index < -0.39 is 0 Å². The molecule has 2 aromatic carbocycles. The van der Waals surface area contributed by atoms with Gasteiger partial charge in [0.25, 0.3) is 0 Å². The summed E-state index contributed by atoms with van der Waals surface area (Å²) in [6.45, 7) is 0. The van der Waals surface area contributed by atoms with Gasteiger partial charge in [0.05, 0.1) is 0 Å². The van der Waals surface area contributed by atoms with Crippen molar-refractivity contribution < 1.29 is 4.79 Å². The van der Waals surface area contributed by atoms with Gasteiger partial charge in [0.1, 0.15) is 0 Å². The lowest BCUT2D eigenvalue weighted by atomic mass is 9.49. The van der Waals surface area contributed by atoms with Gasteiger partial charge in [-0.1, -0.05) is 35.4 Å². The van der Waals surface area contributed by atoms with Crippen molar-refractivity contribution in [3.8, 4) is 0 Å². The molecule has 0 amide bonds. The molecule has 1 heteroatoms. The van der Waals surface area contributed by atoms with Gasteiger partial charge in [0.2, 0.25) is 0 Å². The van der Waals surface area contributed by atoms with Crippen molar-refractivity contribution in [2.24, 2.45) is 23.2 Å². The summed E-state index contributed by atoms with van der Waals surface area (Å²) in [4.78, 5) is 13.9. The number of benzene rings is 2. The summed E-state index contributed by atoms with van der Waals surface area (Å²) < 4.78 is 0. The van der Waals surface area contributed by atoms with Crippen LogP contribution in [0.5, 0.6) is 0 Å². The minimum atomic E-state index is 0.222. The standard InChI is InChI=1S/C27H26O/c28-25-20-13-16-2-1-3-21-19(16)12-17(20)4-5-22(25)27-11-8-18(14-27)24-23(27)15-6-9-26(21,24)10-7-15/h1-3,12-13,15,18,22H,4-11,14H2. The molecule has 0 radical (unpaired) electrons. The summed E-state index contributed by atoms with van der Waals surface area (Å²) in [5.41, 5.74) is 8.20. The van der Waals surface area contributed by atoms with Gasteiger partial charge < -0.3 is 0 Å². The lowest BCUT2D eigenvalue weighted by Gasteiger charge is -2.54. The minimum absolute atomic E-state index is 0.222. The predicted molar refractivity (Wildman–Crippen MR) is 111 cm³/mol. The summed E-state index contributed by atoms with van der Waals surface area (Å²) >= 11 is 0. The largest absolute Gasteiger partial charge is 0.294 e. The van der Waals surface area contributed by atoms with E-state index in [-0.39, 0.29) is 16.7 Å². The van der Waals surface area contributed by atoms with E-state index >= 15 is 0 Å². The quantitative estimate of drug-likeness (QED) is 0.512. The molecule has 8 aliphatic carbocycles. The second-order valence-corrected chi connectivity index (χ2v) is 10.8. The number of carbonyl (C=O) groups excluding carboxylic acids is 1. The Morgan fingerprint density at radius 1 is 0.893 bits per heavy atom. The van der Waals surface area contributed by atoms with Crippen molar-refractivity contribution >= 4 is 16.6 Å². The van der Waals surface area contributed by atoms with E-state index in [1.807, 2.05) is 11.1 Å². The monoisotopic (exact) mass is 366 g/mol. The number of carbonyl (C=O) groups is 1. The van der Waals surface area contributed by atoms with Crippen molar-refractivity contribution in [2.75, 3.05) is 0 Å². The first kappa shape index (κ1) is 15.0. The highest BCUT2D eigenvalue weighted by Gasteiger charge is 2.65. The number of fused-ring (bicyclic) bond motifs is 4. The van der Waals surface area contributed by atoms with Gasteiger partial charge in [-0.2, -0.15) is 0 Å². The Kier molecular flexibility index (Phi) is 2.40. The van der Waals surface area contributed by atoms with Gasteiger partial charge in [-0.05, 0) is 97.6 Å². The minimum Gasteiger partial charge on any atom is -0.294 e. The maximum atomic E-state index is 13.9. The lowest BCUT2D eigenvalue weighted by Crippen LogP contribution is -2.46. The first-order chi connectivity index (χ1) is 13.7. The van der Waals surface area contributed by atoms with E-state index in [0.29, 0.717) is 5.78 Å². The third-order valence-corrected chi connectivity index (χ3v) is 10.1. The van der Waals surface area contributed by atoms with Crippen LogP contribution in [0.4, 0.5) is 0 Å². The molecule has 2 saturated carbocycles. The molecule has 1 nitrogen and oxygen atoms in total. The Balaban J connectivity index is 1.60. The maximum Gasteiger partial charge on any atom is 0.167 e.